The molecule has 0 unspecified atom stereocenters. The van der Waals surface area contributed by atoms with Crippen molar-refractivity contribution in [2.24, 2.45) is 5.92 Å². The molecule has 0 amide bonds. The van der Waals surface area contributed by atoms with E-state index in [0.29, 0.717) is 10.8 Å². The van der Waals surface area contributed by atoms with Crippen molar-refractivity contribution < 1.29 is 0 Å². The Balaban J connectivity index is 1.75. The van der Waals surface area contributed by atoms with Crippen molar-refractivity contribution in [3.63, 3.8) is 0 Å². The highest BCUT2D eigenvalue weighted by Gasteiger charge is 2.34. The molecule has 1 aliphatic carbocycles. The number of nitriles is 1. The Hall–Kier alpha value is -1.25. The predicted molar refractivity (Wildman–Crippen MR) is 88.9 cm³/mol. The van der Waals surface area contributed by atoms with Gasteiger partial charge in [0.1, 0.15) is 10.9 Å². The highest BCUT2D eigenvalue weighted by molar-refractivity contribution is 7.17. The highest BCUT2D eigenvalue weighted by Crippen LogP contribution is 2.52. The Bertz CT molecular complexity index is 545. The second kappa shape index (κ2) is 5.86. The number of thiophene rings is 1. The number of hydrogen-bond acceptors (Lipinski definition) is 5. The van der Waals surface area contributed by atoms with Crippen LogP contribution in [-0.4, -0.2) is 38.6 Å². The smallest absolute Gasteiger partial charge is 0.130 e. The van der Waals surface area contributed by atoms with E-state index in [0.717, 1.165) is 24.7 Å². The van der Waals surface area contributed by atoms with Crippen LogP contribution in [0.4, 0.5) is 10.7 Å². The first-order chi connectivity index (χ1) is 10.1. The maximum absolute atomic E-state index is 9.25. The van der Waals surface area contributed by atoms with E-state index in [1.807, 2.05) is 0 Å². The zero-order valence-electron chi connectivity index (χ0n) is 12.9. The number of nitrogens with zero attached hydrogens (tertiary/aromatic N) is 3. The molecule has 2 aliphatic rings. The fourth-order valence-corrected chi connectivity index (χ4v) is 4.52. The second-order valence-electron chi connectivity index (χ2n) is 6.64. The van der Waals surface area contributed by atoms with Gasteiger partial charge in [0.2, 0.25) is 0 Å². The molecule has 1 aromatic rings. The summed E-state index contributed by atoms with van der Waals surface area (Å²) in [5, 5.41) is 10.5. The molecule has 0 atom stereocenters. The third kappa shape index (κ3) is 3.02. The molecule has 5 heteroatoms. The Labute approximate surface area is 131 Å². The molecule has 0 spiro atoms. The van der Waals surface area contributed by atoms with E-state index in [1.54, 1.807) is 11.3 Å². The molecule has 0 aromatic carbocycles. The first kappa shape index (κ1) is 14.7. The van der Waals surface area contributed by atoms with Crippen molar-refractivity contribution in [2.75, 3.05) is 44.4 Å². The molecule has 21 heavy (non-hydrogen) atoms. The monoisotopic (exact) mass is 304 g/mol. The average molecular weight is 304 g/mol. The average Bonchev–Trinajstić information content (AvgIpc) is 3.23. The van der Waals surface area contributed by atoms with E-state index < -0.39 is 0 Å². The zero-order valence-corrected chi connectivity index (χ0v) is 13.7. The summed E-state index contributed by atoms with van der Waals surface area (Å²) in [4.78, 5) is 5.47. The van der Waals surface area contributed by atoms with Crippen LogP contribution < -0.4 is 10.6 Å². The molecule has 1 aromatic heterocycles. The molecule has 0 radical (unpaired) electrons. The van der Waals surface area contributed by atoms with Crippen LogP contribution >= 0.6 is 11.3 Å². The van der Waals surface area contributed by atoms with Crippen molar-refractivity contribution in [3.8, 4) is 6.07 Å². The lowest BCUT2D eigenvalue weighted by atomic mass is 9.96. The van der Waals surface area contributed by atoms with Gasteiger partial charge in [0.15, 0.2) is 0 Å². The fraction of sp³-hybridized carbons (Fsp3) is 0.688. The largest absolute Gasteiger partial charge is 0.397 e. The maximum atomic E-state index is 9.25. The van der Waals surface area contributed by atoms with Crippen LogP contribution in [0.2, 0.25) is 0 Å². The molecule has 1 aliphatic heterocycles. The number of piperidine rings is 1. The minimum absolute atomic E-state index is 0.609. The lowest BCUT2D eigenvalue weighted by Gasteiger charge is -2.34. The minimum Gasteiger partial charge on any atom is -0.397 e. The molecule has 2 fully saturated rings. The van der Waals surface area contributed by atoms with E-state index in [2.05, 4.69) is 30.0 Å². The summed E-state index contributed by atoms with van der Waals surface area (Å²) in [7, 11) is 4.30. The van der Waals surface area contributed by atoms with Gasteiger partial charge in [-0.2, -0.15) is 5.26 Å². The van der Waals surface area contributed by atoms with Crippen molar-refractivity contribution in [2.45, 2.75) is 31.6 Å². The third-order valence-corrected chi connectivity index (χ3v) is 5.76. The number of nitrogens with two attached hydrogens (primary N) is 1. The summed E-state index contributed by atoms with van der Waals surface area (Å²) < 4.78 is 0. The molecule has 1 saturated carbocycles. The Morgan fingerprint density at radius 1 is 1.29 bits per heavy atom. The summed E-state index contributed by atoms with van der Waals surface area (Å²) in [6.07, 6.45) is 4.94. The fourth-order valence-electron chi connectivity index (χ4n) is 3.36. The van der Waals surface area contributed by atoms with Crippen LogP contribution in [0, 0.1) is 17.2 Å². The Morgan fingerprint density at radius 2 is 1.95 bits per heavy atom. The number of nitrogen functional groups attached to an aromatic ring is 1. The number of anilines is 2. The van der Waals surface area contributed by atoms with E-state index in [-0.39, 0.29) is 0 Å². The Kier molecular flexibility index (Phi) is 4.10. The topological polar surface area (TPSA) is 56.3 Å². The van der Waals surface area contributed by atoms with Gasteiger partial charge in [-0.05, 0) is 51.6 Å². The third-order valence-electron chi connectivity index (χ3n) is 4.58. The van der Waals surface area contributed by atoms with Crippen molar-refractivity contribution in [1.82, 2.24) is 4.90 Å². The second-order valence-corrected chi connectivity index (χ2v) is 7.64. The molecular weight excluding hydrogens is 280 g/mol. The first-order valence-electron chi connectivity index (χ1n) is 7.82. The molecule has 3 rings (SSSR count). The van der Waals surface area contributed by atoms with Gasteiger partial charge in [0.05, 0.1) is 10.7 Å². The summed E-state index contributed by atoms with van der Waals surface area (Å²) in [6, 6.07) is 2.27. The summed E-state index contributed by atoms with van der Waals surface area (Å²) >= 11 is 1.61. The SMILES string of the molecule is CN(C)CC1CCN(c2sc(C#N)c(N)c2C2CC2)CC1. The number of hydrogen-bond donors (Lipinski definition) is 1. The van der Waals surface area contributed by atoms with E-state index in [4.69, 9.17) is 5.73 Å². The maximum Gasteiger partial charge on any atom is 0.130 e. The van der Waals surface area contributed by atoms with Crippen LogP contribution in [0.5, 0.6) is 0 Å². The Morgan fingerprint density at radius 3 is 2.48 bits per heavy atom. The quantitative estimate of drug-likeness (QED) is 0.929. The molecule has 114 valence electrons. The van der Waals surface area contributed by atoms with Crippen LogP contribution in [0.3, 0.4) is 0 Å². The minimum atomic E-state index is 0.609. The van der Waals surface area contributed by atoms with Gasteiger partial charge >= 0.3 is 0 Å². The van der Waals surface area contributed by atoms with Crippen LogP contribution in [0.25, 0.3) is 0 Å². The molecule has 4 nitrogen and oxygen atoms in total. The van der Waals surface area contributed by atoms with E-state index in [1.165, 1.54) is 42.8 Å². The molecule has 0 bridgehead atoms. The lowest BCUT2D eigenvalue weighted by Crippen LogP contribution is -2.37. The van der Waals surface area contributed by atoms with Gasteiger partial charge < -0.3 is 15.5 Å². The van der Waals surface area contributed by atoms with Crippen molar-refractivity contribution in [3.05, 3.63) is 10.4 Å². The van der Waals surface area contributed by atoms with Gasteiger partial charge in [-0.3, -0.25) is 0 Å². The van der Waals surface area contributed by atoms with E-state index in [9.17, 15) is 5.26 Å². The van der Waals surface area contributed by atoms with Gasteiger partial charge in [0.25, 0.3) is 0 Å². The first-order valence-corrected chi connectivity index (χ1v) is 8.63. The number of rotatable bonds is 4. The molecule has 2 N–H and O–H groups in total. The van der Waals surface area contributed by atoms with Gasteiger partial charge in [-0.1, -0.05) is 0 Å². The van der Waals surface area contributed by atoms with Gasteiger partial charge in [-0.25, -0.2) is 0 Å². The summed E-state index contributed by atoms with van der Waals surface area (Å²) in [5.41, 5.74) is 8.25. The van der Waals surface area contributed by atoms with Crippen molar-refractivity contribution >= 4 is 22.0 Å². The lowest BCUT2D eigenvalue weighted by molar-refractivity contribution is 0.285. The van der Waals surface area contributed by atoms with Crippen LogP contribution in [-0.2, 0) is 0 Å². The van der Waals surface area contributed by atoms with Crippen LogP contribution in [0.1, 0.15) is 42.0 Å². The summed E-state index contributed by atoms with van der Waals surface area (Å²) in [5.74, 6) is 1.41. The molecular formula is C16H24N4S. The highest BCUT2D eigenvalue weighted by atomic mass is 32.1. The van der Waals surface area contributed by atoms with Crippen molar-refractivity contribution in [1.29, 1.82) is 5.26 Å². The molecule has 2 heterocycles. The molecule has 1 saturated heterocycles. The predicted octanol–water partition coefficient (Wildman–Crippen LogP) is 2.86. The van der Waals surface area contributed by atoms with Gasteiger partial charge in [0, 0.05) is 25.2 Å². The van der Waals surface area contributed by atoms with Crippen LogP contribution in [0.15, 0.2) is 0 Å². The van der Waals surface area contributed by atoms with Gasteiger partial charge in [-0.15, -0.1) is 11.3 Å². The normalized spacial score (nSPS) is 20.0. The zero-order chi connectivity index (χ0) is 15.0. The summed E-state index contributed by atoms with van der Waals surface area (Å²) in [6.45, 7) is 3.38. The van der Waals surface area contributed by atoms with E-state index >= 15 is 0 Å². The standard InChI is InChI=1S/C16H24N4S/c1-19(2)10-11-5-7-20(8-6-11)16-14(12-3-4-12)15(18)13(9-17)21-16/h11-12H,3-8,10,18H2,1-2H3.